The standard InChI is InChI=1S/C13H21NO3S/c1-11-4-6-12(7-5-11)18(16,17)14-9-8-13(2,3)10-15/h4-7,14-15H,8-10H2,1-3H3. The van der Waals surface area contributed by atoms with Crippen molar-refractivity contribution in [1.29, 1.82) is 0 Å². The van der Waals surface area contributed by atoms with Crippen LogP contribution in [0.5, 0.6) is 0 Å². The van der Waals surface area contributed by atoms with Crippen molar-refractivity contribution in [3.8, 4) is 0 Å². The molecule has 18 heavy (non-hydrogen) atoms. The van der Waals surface area contributed by atoms with Gasteiger partial charge in [0.1, 0.15) is 0 Å². The summed E-state index contributed by atoms with van der Waals surface area (Å²) in [5, 5.41) is 9.09. The number of rotatable bonds is 6. The molecule has 0 radical (unpaired) electrons. The van der Waals surface area contributed by atoms with Gasteiger partial charge in [-0.15, -0.1) is 0 Å². The Kier molecular flexibility index (Phi) is 4.90. The summed E-state index contributed by atoms with van der Waals surface area (Å²) in [4.78, 5) is 0.273. The lowest BCUT2D eigenvalue weighted by molar-refractivity contribution is 0.152. The quantitative estimate of drug-likeness (QED) is 0.827. The van der Waals surface area contributed by atoms with Crippen molar-refractivity contribution in [2.45, 2.75) is 32.1 Å². The third kappa shape index (κ3) is 4.40. The summed E-state index contributed by atoms with van der Waals surface area (Å²) in [6.07, 6.45) is 0.592. The molecule has 1 aromatic rings. The second-order valence-electron chi connectivity index (χ2n) is 5.28. The molecule has 0 bridgehead atoms. The van der Waals surface area contributed by atoms with Crippen LogP contribution in [0, 0.1) is 12.3 Å². The molecule has 102 valence electrons. The molecule has 2 N–H and O–H groups in total. The van der Waals surface area contributed by atoms with Crippen molar-refractivity contribution in [2.24, 2.45) is 5.41 Å². The molecule has 0 spiro atoms. The second-order valence-corrected chi connectivity index (χ2v) is 7.05. The van der Waals surface area contributed by atoms with E-state index in [4.69, 9.17) is 5.11 Å². The summed E-state index contributed by atoms with van der Waals surface area (Å²) in [5.41, 5.74) is 0.755. The van der Waals surface area contributed by atoms with Gasteiger partial charge in [-0.3, -0.25) is 0 Å². The lowest BCUT2D eigenvalue weighted by atomic mass is 9.91. The van der Waals surface area contributed by atoms with Crippen LogP contribution >= 0.6 is 0 Å². The average Bonchev–Trinajstić information content (AvgIpc) is 2.29. The van der Waals surface area contributed by atoms with E-state index < -0.39 is 10.0 Å². The first-order valence-corrected chi connectivity index (χ1v) is 7.42. The van der Waals surface area contributed by atoms with Crippen molar-refractivity contribution < 1.29 is 13.5 Å². The minimum Gasteiger partial charge on any atom is -0.396 e. The third-order valence-corrected chi connectivity index (χ3v) is 4.33. The molecule has 5 heteroatoms. The monoisotopic (exact) mass is 271 g/mol. The van der Waals surface area contributed by atoms with Crippen LogP contribution in [0.1, 0.15) is 25.8 Å². The maximum absolute atomic E-state index is 11.9. The molecule has 0 atom stereocenters. The normalized spacial score (nSPS) is 12.7. The second kappa shape index (κ2) is 5.82. The summed E-state index contributed by atoms with van der Waals surface area (Å²) in [6, 6.07) is 6.72. The third-order valence-electron chi connectivity index (χ3n) is 2.85. The predicted molar refractivity (Wildman–Crippen MR) is 71.9 cm³/mol. The minimum atomic E-state index is -3.44. The van der Waals surface area contributed by atoms with E-state index >= 15 is 0 Å². The molecular weight excluding hydrogens is 250 g/mol. The van der Waals surface area contributed by atoms with E-state index in [-0.39, 0.29) is 16.9 Å². The zero-order valence-corrected chi connectivity index (χ0v) is 11.9. The number of hydrogen-bond donors (Lipinski definition) is 2. The molecule has 0 unspecified atom stereocenters. The molecule has 0 heterocycles. The van der Waals surface area contributed by atoms with E-state index in [1.165, 1.54) is 0 Å². The van der Waals surface area contributed by atoms with E-state index in [1.54, 1.807) is 24.3 Å². The van der Waals surface area contributed by atoms with Crippen LogP contribution < -0.4 is 4.72 Å². The van der Waals surface area contributed by atoms with E-state index in [2.05, 4.69) is 4.72 Å². The summed E-state index contributed by atoms with van der Waals surface area (Å²) >= 11 is 0. The van der Waals surface area contributed by atoms with Gasteiger partial charge in [-0.25, -0.2) is 13.1 Å². The smallest absolute Gasteiger partial charge is 0.240 e. The first kappa shape index (κ1) is 15.1. The van der Waals surface area contributed by atoms with Gasteiger partial charge in [0.05, 0.1) is 4.90 Å². The number of aliphatic hydroxyl groups excluding tert-OH is 1. The zero-order valence-electron chi connectivity index (χ0n) is 11.1. The highest BCUT2D eigenvalue weighted by Gasteiger charge is 2.18. The van der Waals surface area contributed by atoms with E-state index in [0.29, 0.717) is 13.0 Å². The summed E-state index contributed by atoms with van der Waals surface area (Å²) < 4.78 is 26.4. The van der Waals surface area contributed by atoms with Gasteiger partial charge in [-0.1, -0.05) is 31.5 Å². The van der Waals surface area contributed by atoms with Gasteiger partial charge >= 0.3 is 0 Å². The maximum atomic E-state index is 11.9. The van der Waals surface area contributed by atoms with Crippen molar-refractivity contribution in [3.63, 3.8) is 0 Å². The van der Waals surface area contributed by atoms with Gasteiger partial charge in [0, 0.05) is 13.2 Å². The average molecular weight is 271 g/mol. The minimum absolute atomic E-state index is 0.0409. The topological polar surface area (TPSA) is 66.4 Å². The molecule has 1 aromatic carbocycles. The van der Waals surface area contributed by atoms with E-state index in [0.717, 1.165) is 5.56 Å². The van der Waals surface area contributed by atoms with E-state index in [9.17, 15) is 8.42 Å². The van der Waals surface area contributed by atoms with Crippen LogP contribution in [0.4, 0.5) is 0 Å². The summed E-state index contributed by atoms with van der Waals surface area (Å²) in [7, 11) is -3.44. The Bertz CT molecular complexity index is 477. The van der Waals surface area contributed by atoms with Gasteiger partial charge in [0.15, 0.2) is 0 Å². The zero-order chi connectivity index (χ0) is 13.8. The Balaban J connectivity index is 2.63. The van der Waals surface area contributed by atoms with Gasteiger partial charge in [-0.2, -0.15) is 0 Å². The fourth-order valence-corrected chi connectivity index (χ4v) is 2.44. The number of nitrogens with one attached hydrogen (secondary N) is 1. The molecule has 0 fully saturated rings. The number of benzene rings is 1. The fourth-order valence-electron chi connectivity index (χ4n) is 1.40. The Morgan fingerprint density at radius 1 is 1.22 bits per heavy atom. The van der Waals surface area contributed by atoms with Crippen LogP contribution in [0.25, 0.3) is 0 Å². The van der Waals surface area contributed by atoms with Crippen molar-refractivity contribution in [1.82, 2.24) is 4.72 Å². The highest BCUT2D eigenvalue weighted by atomic mass is 32.2. The van der Waals surface area contributed by atoms with Crippen molar-refractivity contribution >= 4 is 10.0 Å². The first-order chi connectivity index (χ1) is 8.27. The predicted octanol–water partition coefficient (Wildman–Crippen LogP) is 1.68. The molecular formula is C13H21NO3S. The molecule has 4 nitrogen and oxygen atoms in total. The van der Waals surface area contributed by atoms with Crippen LogP contribution in [0.2, 0.25) is 0 Å². The molecule has 0 saturated carbocycles. The van der Waals surface area contributed by atoms with Gasteiger partial charge in [0.2, 0.25) is 10.0 Å². The highest BCUT2D eigenvalue weighted by molar-refractivity contribution is 7.89. The van der Waals surface area contributed by atoms with Crippen molar-refractivity contribution in [3.05, 3.63) is 29.8 Å². The molecule has 1 rings (SSSR count). The number of aliphatic hydroxyl groups is 1. The first-order valence-electron chi connectivity index (χ1n) is 5.94. The largest absolute Gasteiger partial charge is 0.396 e. The number of aryl methyl sites for hydroxylation is 1. The molecule has 0 amide bonds. The Hall–Kier alpha value is -0.910. The van der Waals surface area contributed by atoms with Crippen LogP contribution in [0.15, 0.2) is 29.2 Å². The maximum Gasteiger partial charge on any atom is 0.240 e. The lowest BCUT2D eigenvalue weighted by Crippen LogP contribution is -2.29. The van der Waals surface area contributed by atoms with Crippen LogP contribution in [-0.4, -0.2) is 26.7 Å². The molecule has 0 aliphatic carbocycles. The van der Waals surface area contributed by atoms with Gasteiger partial charge in [-0.05, 0) is 30.9 Å². The summed E-state index contributed by atoms with van der Waals surface area (Å²) in [6.45, 7) is 6.07. The van der Waals surface area contributed by atoms with Crippen molar-refractivity contribution in [2.75, 3.05) is 13.2 Å². The SMILES string of the molecule is Cc1ccc(S(=O)(=O)NCCC(C)(C)CO)cc1. The molecule has 0 aliphatic heterocycles. The Morgan fingerprint density at radius 3 is 2.28 bits per heavy atom. The molecule has 0 aliphatic rings. The van der Waals surface area contributed by atoms with E-state index in [1.807, 2.05) is 20.8 Å². The van der Waals surface area contributed by atoms with Crippen LogP contribution in [-0.2, 0) is 10.0 Å². The van der Waals surface area contributed by atoms with Crippen LogP contribution in [0.3, 0.4) is 0 Å². The fraction of sp³-hybridized carbons (Fsp3) is 0.538. The number of hydrogen-bond acceptors (Lipinski definition) is 3. The van der Waals surface area contributed by atoms with Gasteiger partial charge in [0.25, 0.3) is 0 Å². The highest BCUT2D eigenvalue weighted by Crippen LogP contribution is 2.18. The number of sulfonamides is 1. The lowest BCUT2D eigenvalue weighted by Gasteiger charge is -2.21. The Morgan fingerprint density at radius 2 is 1.78 bits per heavy atom. The molecule has 0 aromatic heterocycles. The summed E-state index contributed by atoms with van der Waals surface area (Å²) in [5.74, 6) is 0. The Labute approximate surface area is 109 Å². The van der Waals surface area contributed by atoms with Gasteiger partial charge < -0.3 is 5.11 Å². The molecule has 0 saturated heterocycles.